The number of nitrogens with zero attached hydrogens (tertiary/aromatic N) is 2. The fraction of sp³-hybridized carbons (Fsp3) is 0.500. The highest BCUT2D eigenvalue weighted by atomic mass is 16.1. The Kier molecular flexibility index (Phi) is 3.19. The van der Waals surface area contributed by atoms with Crippen molar-refractivity contribution in [3.63, 3.8) is 0 Å². The van der Waals surface area contributed by atoms with E-state index >= 15 is 0 Å². The number of hydrogen-bond donors (Lipinski definition) is 3. The van der Waals surface area contributed by atoms with Gasteiger partial charge in [0, 0.05) is 25.2 Å². The Morgan fingerprint density at radius 3 is 3.06 bits per heavy atom. The van der Waals surface area contributed by atoms with Crippen molar-refractivity contribution in [2.24, 2.45) is 0 Å². The zero-order valence-electron chi connectivity index (χ0n) is 8.94. The molecule has 0 atom stereocenters. The van der Waals surface area contributed by atoms with Crippen molar-refractivity contribution in [2.45, 2.75) is 25.3 Å². The zero-order valence-corrected chi connectivity index (χ0v) is 8.94. The lowest BCUT2D eigenvalue weighted by Crippen LogP contribution is -2.27. The minimum atomic E-state index is 0.0684. The molecule has 1 fully saturated rings. The standard InChI is InChI=1S/C10H15N5O/c11-8-3-5-12-10(15-8)13-6-4-9(16)14-7-1-2-7/h3,5,7H,1-2,4,6H2,(H,14,16)(H3,11,12,13,15). The summed E-state index contributed by atoms with van der Waals surface area (Å²) in [7, 11) is 0. The smallest absolute Gasteiger partial charge is 0.224 e. The van der Waals surface area contributed by atoms with Gasteiger partial charge in [-0.3, -0.25) is 4.79 Å². The van der Waals surface area contributed by atoms with Gasteiger partial charge in [-0.25, -0.2) is 4.98 Å². The molecule has 16 heavy (non-hydrogen) atoms. The van der Waals surface area contributed by atoms with Crippen LogP contribution in [-0.2, 0) is 4.79 Å². The molecule has 6 nitrogen and oxygen atoms in total. The molecule has 0 aromatic carbocycles. The Morgan fingerprint density at radius 1 is 1.56 bits per heavy atom. The van der Waals surface area contributed by atoms with E-state index in [0.717, 1.165) is 12.8 Å². The number of rotatable bonds is 5. The topological polar surface area (TPSA) is 92.9 Å². The fourth-order valence-corrected chi connectivity index (χ4v) is 1.27. The maximum Gasteiger partial charge on any atom is 0.224 e. The van der Waals surface area contributed by atoms with Gasteiger partial charge in [-0.2, -0.15) is 4.98 Å². The van der Waals surface area contributed by atoms with Gasteiger partial charge in [0.1, 0.15) is 5.82 Å². The van der Waals surface area contributed by atoms with Crippen LogP contribution in [0.25, 0.3) is 0 Å². The van der Waals surface area contributed by atoms with Crippen molar-refractivity contribution in [1.82, 2.24) is 15.3 Å². The Morgan fingerprint density at radius 2 is 2.38 bits per heavy atom. The number of nitrogen functional groups attached to an aromatic ring is 1. The summed E-state index contributed by atoms with van der Waals surface area (Å²) < 4.78 is 0. The summed E-state index contributed by atoms with van der Waals surface area (Å²) >= 11 is 0. The molecular weight excluding hydrogens is 206 g/mol. The van der Waals surface area contributed by atoms with Gasteiger partial charge in [-0.15, -0.1) is 0 Å². The zero-order chi connectivity index (χ0) is 11.4. The molecule has 0 radical (unpaired) electrons. The molecule has 4 N–H and O–H groups in total. The predicted molar refractivity (Wildman–Crippen MR) is 60.7 cm³/mol. The van der Waals surface area contributed by atoms with Crippen LogP contribution in [0.3, 0.4) is 0 Å². The van der Waals surface area contributed by atoms with E-state index in [2.05, 4.69) is 20.6 Å². The van der Waals surface area contributed by atoms with Crippen LogP contribution in [0.15, 0.2) is 12.3 Å². The third-order valence-electron chi connectivity index (χ3n) is 2.25. The van der Waals surface area contributed by atoms with Crippen LogP contribution in [0, 0.1) is 0 Å². The number of carbonyl (C=O) groups is 1. The highest BCUT2D eigenvalue weighted by Crippen LogP contribution is 2.18. The Hall–Kier alpha value is -1.85. The van der Waals surface area contributed by atoms with Crippen LogP contribution in [0.4, 0.5) is 11.8 Å². The van der Waals surface area contributed by atoms with E-state index in [1.54, 1.807) is 12.3 Å². The predicted octanol–water partition coefficient (Wildman–Crippen LogP) is 0.139. The quantitative estimate of drug-likeness (QED) is 0.657. The number of amides is 1. The largest absolute Gasteiger partial charge is 0.384 e. The normalized spacial score (nSPS) is 14.5. The van der Waals surface area contributed by atoms with E-state index in [-0.39, 0.29) is 5.91 Å². The van der Waals surface area contributed by atoms with Crippen LogP contribution >= 0.6 is 0 Å². The molecular formula is C10H15N5O. The number of anilines is 2. The van der Waals surface area contributed by atoms with Crippen molar-refractivity contribution >= 4 is 17.7 Å². The average Bonchev–Trinajstić information content (AvgIpc) is 3.02. The monoisotopic (exact) mass is 221 g/mol. The fourth-order valence-electron chi connectivity index (χ4n) is 1.27. The Bertz CT molecular complexity index is 377. The maximum absolute atomic E-state index is 11.3. The van der Waals surface area contributed by atoms with Gasteiger partial charge in [-0.05, 0) is 18.9 Å². The molecule has 0 spiro atoms. The molecule has 0 bridgehead atoms. The molecule has 86 valence electrons. The van der Waals surface area contributed by atoms with Crippen LogP contribution < -0.4 is 16.4 Å². The second kappa shape index (κ2) is 4.78. The first-order chi connectivity index (χ1) is 7.74. The summed E-state index contributed by atoms with van der Waals surface area (Å²) in [6.07, 6.45) is 4.22. The number of aromatic nitrogens is 2. The van der Waals surface area contributed by atoms with Crippen molar-refractivity contribution < 1.29 is 4.79 Å². The van der Waals surface area contributed by atoms with Crippen molar-refractivity contribution in [1.29, 1.82) is 0 Å². The third kappa shape index (κ3) is 3.38. The lowest BCUT2D eigenvalue weighted by molar-refractivity contribution is -0.120. The summed E-state index contributed by atoms with van der Waals surface area (Å²) in [6, 6.07) is 2.03. The SMILES string of the molecule is Nc1ccnc(NCCC(=O)NC2CC2)n1. The summed E-state index contributed by atoms with van der Waals surface area (Å²) in [6.45, 7) is 0.516. The molecule has 1 aliphatic carbocycles. The van der Waals surface area contributed by atoms with Crippen LogP contribution in [0.1, 0.15) is 19.3 Å². The lowest BCUT2D eigenvalue weighted by Gasteiger charge is -2.05. The van der Waals surface area contributed by atoms with E-state index in [4.69, 9.17) is 5.73 Å². The minimum absolute atomic E-state index is 0.0684. The summed E-state index contributed by atoms with van der Waals surface area (Å²) in [5.41, 5.74) is 5.49. The van der Waals surface area contributed by atoms with Gasteiger partial charge in [0.2, 0.25) is 11.9 Å². The first-order valence-corrected chi connectivity index (χ1v) is 5.36. The molecule has 0 unspecified atom stereocenters. The van der Waals surface area contributed by atoms with Crippen LogP contribution in [0.2, 0.25) is 0 Å². The summed E-state index contributed by atoms with van der Waals surface area (Å²) in [4.78, 5) is 19.3. The first kappa shape index (κ1) is 10.7. The number of nitrogens with one attached hydrogen (secondary N) is 2. The van der Waals surface area contributed by atoms with Gasteiger partial charge in [-0.1, -0.05) is 0 Å². The molecule has 0 aliphatic heterocycles. The maximum atomic E-state index is 11.3. The molecule has 2 rings (SSSR count). The summed E-state index contributed by atoms with van der Waals surface area (Å²) in [5, 5.41) is 5.85. The van der Waals surface area contributed by atoms with Gasteiger partial charge in [0.25, 0.3) is 0 Å². The second-order valence-corrected chi connectivity index (χ2v) is 3.82. The van der Waals surface area contributed by atoms with Crippen molar-refractivity contribution in [3.8, 4) is 0 Å². The highest BCUT2D eigenvalue weighted by Gasteiger charge is 2.22. The third-order valence-corrected chi connectivity index (χ3v) is 2.25. The second-order valence-electron chi connectivity index (χ2n) is 3.82. The molecule has 1 saturated carbocycles. The van der Waals surface area contributed by atoms with Gasteiger partial charge >= 0.3 is 0 Å². The van der Waals surface area contributed by atoms with Crippen molar-refractivity contribution in [3.05, 3.63) is 12.3 Å². The van der Waals surface area contributed by atoms with E-state index < -0.39 is 0 Å². The van der Waals surface area contributed by atoms with Gasteiger partial charge in [0.15, 0.2) is 0 Å². The van der Waals surface area contributed by atoms with E-state index in [0.29, 0.717) is 30.8 Å². The van der Waals surface area contributed by atoms with E-state index in [9.17, 15) is 4.79 Å². The van der Waals surface area contributed by atoms with Gasteiger partial charge < -0.3 is 16.4 Å². The summed E-state index contributed by atoms with van der Waals surface area (Å²) in [5.74, 6) is 0.943. The van der Waals surface area contributed by atoms with Crippen LogP contribution in [-0.4, -0.2) is 28.5 Å². The highest BCUT2D eigenvalue weighted by molar-refractivity contribution is 5.77. The Labute approximate surface area is 93.7 Å². The molecule has 1 aromatic heterocycles. The average molecular weight is 221 g/mol. The van der Waals surface area contributed by atoms with E-state index in [1.165, 1.54) is 0 Å². The lowest BCUT2D eigenvalue weighted by atomic mass is 10.4. The van der Waals surface area contributed by atoms with E-state index in [1.807, 2.05) is 0 Å². The number of hydrogen-bond acceptors (Lipinski definition) is 5. The molecule has 1 aliphatic rings. The first-order valence-electron chi connectivity index (χ1n) is 5.36. The molecule has 1 aromatic rings. The molecule has 6 heteroatoms. The Balaban J connectivity index is 1.68. The number of nitrogens with two attached hydrogens (primary N) is 1. The molecule has 1 heterocycles. The molecule has 0 saturated heterocycles. The van der Waals surface area contributed by atoms with Crippen molar-refractivity contribution in [2.75, 3.05) is 17.6 Å². The molecule has 1 amide bonds. The minimum Gasteiger partial charge on any atom is -0.384 e. The number of carbonyl (C=O) groups excluding carboxylic acids is 1. The van der Waals surface area contributed by atoms with Gasteiger partial charge in [0.05, 0.1) is 0 Å². The van der Waals surface area contributed by atoms with Crippen LogP contribution in [0.5, 0.6) is 0 Å².